The van der Waals surface area contributed by atoms with Gasteiger partial charge in [-0.1, -0.05) is 17.7 Å². The molecular formula is C12H14ClF3N2O2S. The van der Waals surface area contributed by atoms with Gasteiger partial charge in [0.05, 0.1) is 10.6 Å². The fourth-order valence-electron chi connectivity index (χ4n) is 2.18. The molecule has 1 aromatic carbocycles. The van der Waals surface area contributed by atoms with Crippen LogP contribution < -0.4 is 5.32 Å². The predicted octanol–water partition coefficient (Wildman–Crippen LogP) is 2.34. The molecule has 0 aromatic heterocycles. The summed E-state index contributed by atoms with van der Waals surface area (Å²) in [5, 5.41) is 2.58. The predicted molar refractivity (Wildman–Crippen MR) is 72.7 cm³/mol. The van der Waals surface area contributed by atoms with E-state index in [0.717, 1.165) is 22.5 Å². The lowest BCUT2D eigenvalue weighted by molar-refractivity contribution is -0.139. The van der Waals surface area contributed by atoms with E-state index in [1.54, 1.807) is 0 Å². The van der Waals surface area contributed by atoms with Gasteiger partial charge < -0.3 is 5.32 Å². The van der Waals surface area contributed by atoms with Crippen molar-refractivity contribution in [1.29, 1.82) is 0 Å². The number of sulfonamides is 1. The van der Waals surface area contributed by atoms with Crippen molar-refractivity contribution in [2.45, 2.75) is 17.5 Å². The molecule has 1 N–H and O–H groups in total. The summed E-state index contributed by atoms with van der Waals surface area (Å²) in [4.78, 5) is -0.860. The zero-order valence-corrected chi connectivity index (χ0v) is 12.5. The molecule has 0 atom stereocenters. The van der Waals surface area contributed by atoms with Crippen LogP contribution in [0.25, 0.3) is 0 Å². The molecule has 0 saturated carbocycles. The molecule has 0 amide bonds. The third-order valence-corrected chi connectivity index (χ3v) is 5.60. The molecule has 1 fully saturated rings. The Bertz CT molecular complexity index is 611. The van der Waals surface area contributed by atoms with E-state index in [1.165, 1.54) is 0 Å². The summed E-state index contributed by atoms with van der Waals surface area (Å²) in [6.07, 6.45) is -4.25. The topological polar surface area (TPSA) is 49.4 Å². The molecule has 1 heterocycles. The third-order valence-electron chi connectivity index (χ3n) is 3.17. The SMILES string of the molecule is O=S(=O)(c1c(Cl)cccc1C(F)(F)F)N1CCCNCC1. The van der Waals surface area contributed by atoms with Crippen LogP contribution in [0.4, 0.5) is 13.2 Å². The maximum atomic E-state index is 13.1. The second kappa shape index (κ2) is 6.12. The average Bonchev–Trinajstić information content (AvgIpc) is 2.66. The van der Waals surface area contributed by atoms with Crippen molar-refractivity contribution in [2.24, 2.45) is 0 Å². The quantitative estimate of drug-likeness (QED) is 0.897. The van der Waals surface area contributed by atoms with E-state index in [2.05, 4.69) is 5.32 Å². The van der Waals surface area contributed by atoms with Gasteiger partial charge in [-0.3, -0.25) is 0 Å². The smallest absolute Gasteiger partial charge is 0.315 e. The van der Waals surface area contributed by atoms with Crippen LogP contribution in [-0.2, 0) is 16.2 Å². The van der Waals surface area contributed by atoms with Gasteiger partial charge in [0, 0.05) is 19.6 Å². The molecule has 4 nitrogen and oxygen atoms in total. The first-order valence-electron chi connectivity index (χ1n) is 6.31. The van der Waals surface area contributed by atoms with Crippen LogP contribution in [0, 0.1) is 0 Å². The molecule has 1 aromatic rings. The summed E-state index contributed by atoms with van der Waals surface area (Å²) in [6, 6.07) is 2.97. The highest BCUT2D eigenvalue weighted by molar-refractivity contribution is 7.89. The fraction of sp³-hybridized carbons (Fsp3) is 0.500. The van der Waals surface area contributed by atoms with E-state index in [1.807, 2.05) is 0 Å². The minimum Gasteiger partial charge on any atom is -0.315 e. The first-order chi connectivity index (χ1) is 9.74. The van der Waals surface area contributed by atoms with Gasteiger partial charge in [0.25, 0.3) is 0 Å². The Balaban J connectivity index is 2.54. The summed E-state index contributed by atoms with van der Waals surface area (Å²) >= 11 is 5.76. The van der Waals surface area contributed by atoms with Crippen LogP contribution in [0.1, 0.15) is 12.0 Å². The lowest BCUT2D eigenvalue weighted by Gasteiger charge is -2.22. The highest BCUT2D eigenvalue weighted by atomic mass is 35.5. The first-order valence-corrected chi connectivity index (χ1v) is 8.13. The number of nitrogens with one attached hydrogen (secondary N) is 1. The Hall–Kier alpha value is -0.830. The lowest BCUT2D eigenvalue weighted by atomic mass is 10.2. The van der Waals surface area contributed by atoms with Gasteiger partial charge in [-0.05, 0) is 25.1 Å². The van der Waals surface area contributed by atoms with E-state index in [-0.39, 0.29) is 13.1 Å². The Labute approximate surface area is 125 Å². The highest BCUT2D eigenvalue weighted by Crippen LogP contribution is 2.38. The third kappa shape index (κ3) is 3.50. The van der Waals surface area contributed by atoms with Crippen molar-refractivity contribution in [2.75, 3.05) is 26.2 Å². The highest BCUT2D eigenvalue weighted by Gasteiger charge is 2.40. The Morgan fingerprint density at radius 1 is 1.19 bits per heavy atom. The number of hydrogen-bond acceptors (Lipinski definition) is 3. The van der Waals surface area contributed by atoms with Crippen molar-refractivity contribution < 1.29 is 21.6 Å². The van der Waals surface area contributed by atoms with Gasteiger partial charge in [-0.2, -0.15) is 17.5 Å². The van der Waals surface area contributed by atoms with Gasteiger partial charge in [0.2, 0.25) is 10.0 Å². The minimum absolute atomic E-state index is 0.116. The number of hydrogen-bond donors (Lipinski definition) is 1. The monoisotopic (exact) mass is 342 g/mol. The van der Waals surface area contributed by atoms with Gasteiger partial charge in [-0.15, -0.1) is 0 Å². The minimum atomic E-state index is -4.78. The van der Waals surface area contributed by atoms with Gasteiger partial charge in [-0.25, -0.2) is 8.42 Å². The zero-order chi connectivity index (χ0) is 15.7. The molecular weight excluding hydrogens is 329 g/mol. The molecule has 1 saturated heterocycles. The first kappa shape index (κ1) is 16.5. The normalized spacial score (nSPS) is 18.5. The van der Waals surface area contributed by atoms with Crippen LogP contribution in [0.15, 0.2) is 23.1 Å². The second-order valence-corrected chi connectivity index (χ2v) is 6.90. The lowest BCUT2D eigenvalue weighted by Crippen LogP contribution is -2.35. The number of halogens is 4. The second-order valence-electron chi connectivity index (χ2n) is 4.62. The van der Waals surface area contributed by atoms with Crippen LogP contribution >= 0.6 is 11.6 Å². The summed E-state index contributed by atoms with van der Waals surface area (Å²) in [5.41, 5.74) is -1.23. The van der Waals surface area contributed by atoms with Crippen molar-refractivity contribution in [3.63, 3.8) is 0 Å². The zero-order valence-electron chi connectivity index (χ0n) is 11.0. The van der Waals surface area contributed by atoms with Crippen LogP contribution in [0.2, 0.25) is 5.02 Å². The summed E-state index contributed by atoms with van der Waals surface area (Å²) < 4.78 is 65.3. The molecule has 0 unspecified atom stereocenters. The van der Waals surface area contributed by atoms with Crippen LogP contribution in [-0.4, -0.2) is 38.9 Å². The molecule has 118 valence electrons. The standard InChI is InChI=1S/C12H14ClF3N2O2S/c13-10-4-1-3-9(12(14,15)16)11(10)21(19,20)18-7-2-5-17-6-8-18/h1,3-4,17H,2,5-8H2. The molecule has 9 heteroatoms. The molecule has 2 rings (SSSR count). The van der Waals surface area contributed by atoms with Crippen LogP contribution in [0.3, 0.4) is 0 Å². The van der Waals surface area contributed by atoms with Crippen molar-refractivity contribution in [3.05, 3.63) is 28.8 Å². The summed E-state index contributed by atoms with van der Waals surface area (Å²) in [7, 11) is -4.29. The van der Waals surface area contributed by atoms with Gasteiger partial charge >= 0.3 is 6.18 Å². The van der Waals surface area contributed by atoms with E-state index in [4.69, 9.17) is 11.6 Å². The molecule has 0 aliphatic carbocycles. The molecule has 21 heavy (non-hydrogen) atoms. The maximum absolute atomic E-state index is 13.1. The number of rotatable bonds is 2. The van der Waals surface area contributed by atoms with Gasteiger partial charge in [0.15, 0.2) is 0 Å². The van der Waals surface area contributed by atoms with Crippen LogP contribution in [0.5, 0.6) is 0 Å². The summed E-state index contributed by atoms with van der Waals surface area (Å²) in [5.74, 6) is 0. The number of nitrogens with zero attached hydrogens (tertiary/aromatic N) is 1. The fourth-order valence-corrected chi connectivity index (χ4v) is 4.39. The van der Waals surface area contributed by atoms with Crippen molar-refractivity contribution >= 4 is 21.6 Å². The van der Waals surface area contributed by atoms with Crippen molar-refractivity contribution in [1.82, 2.24) is 9.62 Å². The average molecular weight is 343 g/mol. The van der Waals surface area contributed by atoms with E-state index >= 15 is 0 Å². The Kier molecular flexibility index (Phi) is 4.82. The molecule has 0 spiro atoms. The largest absolute Gasteiger partial charge is 0.417 e. The molecule has 0 radical (unpaired) electrons. The summed E-state index contributed by atoms with van der Waals surface area (Å²) in [6.45, 7) is 1.30. The number of benzene rings is 1. The van der Waals surface area contributed by atoms with E-state index in [9.17, 15) is 21.6 Å². The molecule has 1 aliphatic heterocycles. The Morgan fingerprint density at radius 3 is 2.57 bits per heavy atom. The van der Waals surface area contributed by atoms with E-state index < -0.39 is 31.7 Å². The van der Waals surface area contributed by atoms with Gasteiger partial charge in [0.1, 0.15) is 4.90 Å². The maximum Gasteiger partial charge on any atom is 0.417 e. The van der Waals surface area contributed by atoms with Crippen molar-refractivity contribution in [3.8, 4) is 0 Å². The van der Waals surface area contributed by atoms with E-state index in [0.29, 0.717) is 19.5 Å². The molecule has 0 bridgehead atoms. The Morgan fingerprint density at radius 2 is 1.90 bits per heavy atom. The number of alkyl halides is 3. The molecule has 1 aliphatic rings.